The van der Waals surface area contributed by atoms with Crippen LogP contribution in [0.5, 0.6) is 0 Å². The first-order valence-electron chi connectivity index (χ1n) is 7.05. The number of halogens is 2. The van der Waals surface area contributed by atoms with Gasteiger partial charge in [0.05, 0.1) is 5.02 Å². The van der Waals surface area contributed by atoms with Crippen LogP contribution in [0.3, 0.4) is 0 Å². The SMILES string of the molecule is CCNC(=O)C1CCN(C(=O)c2ccc(Cl)c(Br)c2)CC1. The second-order valence-electron chi connectivity index (χ2n) is 5.09. The molecule has 114 valence electrons. The molecule has 1 aliphatic heterocycles. The zero-order valence-electron chi connectivity index (χ0n) is 11.9. The Morgan fingerprint density at radius 1 is 1.38 bits per heavy atom. The van der Waals surface area contributed by atoms with Gasteiger partial charge in [-0.05, 0) is 53.9 Å². The molecule has 1 aromatic rings. The van der Waals surface area contributed by atoms with Crippen LogP contribution in [0.1, 0.15) is 30.1 Å². The summed E-state index contributed by atoms with van der Waals surface area (Å²) in [6.45, 7) is 3.79. The van der Waals surface area contributed by atoms with E-state index in [0.717, 1.165) is 0 Å². The van der Waals surface area contributed by atoms with Gasteiger partial charge in [0.25, 0.3) is 5.91 Å². The van der Waals surface area contributed by atoms with E-state index < -0.39 is 0 Å². The first kappa shape index (κ1) is 16.3. The van der Waals surface area contributed by atoms with Crippen LogP contribution in [0.2, 0.25) is 5.02 Å². The number of piperidine rings is 1. The summed E-state index contributed by atoms with van der Waals surface area (Å²) in [6, 6.07) is 5.17. The minimum atomic E-state index is -0.0123. The lowest BCUT2D eigenvalue weighted by Gasteiger charge is -2.31. The molecule has 2 amide bonds. The lowest BCUT2D eigenvalue weighted by molar-refractivity contribution is -0.126. The van der Waals surface area contributed by atoms with Gasteiger partial charge < -0.3 is 10.2 Å². The van der Waals surface area contributed by atoms with Crippen LogP contribution in [0, 0.1) is 5.92 Å². The Labute approximate surface area is 138 Å². The minimum absolute atomic E-state index is 0.0123. The fourth-order valence-corrected chi connectivity index (χ4v) is 2.97. The van der Waals surface area contributed by atoms with Gasteiger partial charge >= 0.3 is 0 Å². The predicted octanol–water partition coefficient (Wildman–Crippen LogP) is 3.09. The molecule has 2 rings (SSSR count). The number of likely N-dealkylation sites (tertiary alicyclic amines) is 1. The maximum atomic E-state index is 12.4. The van der Waals surface area contributed by atoms with Gasteiger partial charge in [-0.25, -0.2) is 0 Å². The van der Waals surface area contributed by atoms with Crippen LogP contribution in [-0.4, -0.2) is 36.3 Å². The molecule has 0 aromatic heterocycles. The monoisotopic (exact) mass is 372 g/mol. The van der Waals surface area contributed by atoms with E-state index >= 15 is 0 Å². The van der Waals surface area contributed by atoms with Crippen molar-refractivity contribution in [2.75, 3.05) is 19.6 Å². The second-order valence-corrected chi connectivity index (χ2v) is 6.35. The van der Waals surface area contributed by atoms with Crippen molar-refractivity contribution in [2.24, 2.45) is 5.92 Å². The van der Waals surface area contributed by atoms with Gasteiger partial charge in [-0.15, -0.1) is 0 Å². The number of nitrogens with one attached hydrogen (secondary N) is 1. The van der Waals surface area contributed by atoms with Crippen molar-refractivity contribution in [1.29, 1.82) is 0 Å². The van der Waals surface area contributed by atoms with Gasteiger partial charge in [-0.3, -0.25) is 9.59 Å². The van der Waals surface area contributed by atoms with Crippen LogP contribution in [0.25, 0.3) is 0 Å². The molecule has 1 fully saturated rings. The summed E-state index contributed by atoms with van der Waals surface area (Å²) in [6.07, 6.45) is 1.43. The summed E-state index contributed by atoms with van der Waals surface area (Å²) in [5, 5.41) is 3.43. The molecule has 0 unspecified atom stereocenters. The molecule has 21 heavy (non-hydrogen) atoms. The molecule has 4 nitrogen and oxygen atoms in total. The molecule has 0 bridgehead atoms. The smallest absolute Gasteiger partial charge is 0.253 e. The van der Waals surface area contributed by atoms with Gasteiger partial charge in [-0.2, -0.15) is 0 Å². The van der Waals surface area contributed by atoms with Crippen LogP contribution >= 0.6 is 27.5 Å². The Morgan fingerprint density at radius 2 is 2.05 bits per heavy atom. The minimum Gasteiger partial charge on any atom is -0.356 e. The molecule has 1 aliphatic rings. The Morgan fingerprint density at radius 3 is 2.62 bits per heavy atom. The maximum Gasteiger partial charge on any atom is 0.253 e. The highest BCUT2D eigenvalue weighted by molar-refractivity contribution is 9.10. The Hall–Kier alpha value is -1.07. The van der Waals surface area contributed by atoms with E-state index in [1.165, 1.54) is 0 Å². The van der Waals surface area contributed by atoms with Gasteiger partial charge in [0.15, 0.2) is 0 Å². The largest absolute Gasteiger partial charge is 0.356 e. The van der Waals surface area contributed by atoms with Crippen molar-refractivity contribution < 1.29 is 9.59 Å². The molecular formula is C15H18BrClN2O2. The van der Waals surface area contributed by atoms with Crippen molar-refractivity contribution in [1.82, 2.24) is 10.2 Å². The lowest BCUT2D eigenvalue weighted by Crippen LogP contribution is -2.43. The lowest BCUT2D eigenvalue weighted by atomic mass is 9.95. The number of carbonyl (C=O) groups excluding carboxylic acids is 2. The number of nitrogens with zero attached hydrogens (tertiary/aromatic N) is 1. The van der Waals surface area contributed by atoms with E-state index in [-0.39, 0.29) is 17.7 Å². The molecule has 1 saturated heterocycles. The molecule has 0 radical (unpaired) electrons. The zero-order chi connectivity index (χ0) is 15.4. The number of hydrogen-bond donors (Lipinski definition) is 1. The number of benzene rings is 1. The summed E-state index contributed by atoms with van der Waals surface area (Å²) in [5.41, 5.74) is 0.614. The van der Waals surface area contributed by atoms with E-state index in [9.17, 15) is 9.59 Å². The Bertz CT molecular complexity index is 542. The molecule has 1 aromatic carbocycles. The van der Waals surface area contributed by atoms with Crippen molar-refractivity contribution in [3.8, 4) is 0 Å². The fraction of sp³-hybridized carbons (Fsp3) is 0.467. The second kappa shape index (κ2) is 7.27. The standard InChI is InChI=1S/C15H18BrClN2O2/c1-2-18-14(20)10-5-7-19(8-6-10)15(21)11-3-4-13(17)12(16)9-11/h3-4,9-10H,2,5-8H2,1H3,(H,18,20). The average Bonchev–Trinajstić information content (AvgIpc) is 2.50. The third kappa shape index (κ3) is 3.98. The van der Waals surface area contributed by atoms with Crippen LogP contribution < -0.4 is 5.32 Å². The van der Waals surface area contributed by atoms with Crippen molar-refractivity contribution >= 4 is 39.3 Å². The molecular weight excluding hydrogens is 356 g/mol. The first-order valence-corrected chi connectivity index (χ1v) is 8.22. The quantitative estimate of drug-likeness (QED) is 0.885. The fourth-order valence-electron chi connectivity index (χ4n) is 2.48. The Balaban J connectivity index is 1.97. The van der Waals surface area contributed by atoms with Crippen molar-refractivity contribution in [2.45, 2.75) is 19.8 Å². The summed E-state index contributed by atoms with van der Waals surface area (Å²) < 4.78 is 0.715. The summed E-state index contributed by atoms with van der Waals surface area (Å²) in [4.78, 5) is 26.0. The summed E-state index contributed by atoms with van der Waals surface area (Å²) in [5.74, 6) is 0.103. The highest BCUT2D eigenvalue weighted by Crippen LogP contribution is 2.25. The first-order chi connectivity index (χ1) is 10.0. The van der Waals surface area contributed by atoms with E-state index in [4.69, 9.17) is 11.6 Å². The molecule has 0 aliphatic carbocycles. The number of amides is 2. The van der Waals surface area contributed by atoms with Crippen LogP contribution in [0.15, 0.2) is 22.7 Å². The zero-order valence-corrected chi connectivity index (χ0v) is 14.2. The van der Waals surface area contributed by atoms with E-state index in [1.54, 1.807) is 23.1 Å². The molecule has 0 atom stereocenters. The van der Waals surface area contributed by atoms with Gasteiger partial charge in [0, 0.05) is 35.6 Å². The molecule has 6 heteroatoms. The third-order valence-electron chi connectivity index (χ3n) is 3.67. The normalized spacial score (nSPS) is 15.9. The predicted molar refractivity (Wildman–Crippen MR) is 86.5 cm³/mol. The van der Waals surface area contributed by atoms with E-state index in [0.29, 0.717) is 47.5 Å². The molecule has 0 spiro atoms. The number of carbonyl (C=O) groups is 2. The van der Waals surface area contributed by atoms with E-state index in [2.05, 4.69) is 21.2 Å². The average molecular weight is 374 g/mol. The van der Waals surface area contributed by atoms with E-state index in [1.807, 2.05) is 6.92 Å². The summed E-state index contributed by atoms with van der Waals surface area (Å²) in [7, 11) is 0. The topological polar surface area (TPSA) is 49.4 Å². The van der Waals surface area contributed by atoms with Crippen molar-refractivity contribution in [3.63, 3.8) is 0 Å². The molecule has 0 saturated carbocycles. The summed E-state index contributed by atoms with van der Waals surface area (Å²) >= 11 is 9.27. The van der Waals surface area contributed by atoms with Crippen LogP contribution in [-0.2, 0) is 4.79 Å². The van der Waals surface area contributed by atoms with Gasteiger partial charge in [-0.1, -0.05) is 11.6 Å². The molecule has 1 N–H and O–H groups in total. The number of rotatable bonds is 3. The third-order valence-corrected chi connectivity index (χ3v) is 4.88. The highest BCUT2D eigenvalue weighted by atomic mass is 79.9. The number of hydrogen-bond acceptors (Lipinski definition) is 2. The van der Waals surface area contributed by atoms with Gasteiger partial charge in [0.2, 0.25) is 5.91 Å². The van der Waals surface area contributed by atoms with Crippen molar-refractivity contribution in [3.05, 3.63) is 33.3 Å². The highest BCUT2D eigenvalue weighted by Gasteiger charge is 2.27. The molecule has 1 heterocycles. The van der Waals surface area contributed by atoms with Gasteiger partial charge in [0.1, 0.15) is 0 Å². The van der Waals surface area contributed by atoms with Crippen LogP contribution in [0.4, 0.5) is 0 Å². The maximum absolute atomic E-state index is 12.4. The Kier molecular flexibility index (Phi) is 5.65.